The van der Waals surface area contributed by atoms with Gasteiger partial charge in [-0.3, -0.25) is 9.05 Å². The third-order valence-corrected chi connectivity index (χ3v) is 1.75. The fourth-order valence-electron chi connectivity index (χ4n) is 0.364. The molecule has 0 radical (unpaired) electrons. The van der Waals surface area contributed by atoms with Gasteiger partial charge < -0.3 is 16.2 Å². The van der Waals surface area contributed by atoms with Crippen LogP contribution < -0.4 is 6.15 Å². The van der Waals surface area contributed by atoms with Crippen molar-refractivity contribution in [3.05, 3.63) is 0 Å². The van der Waals surface area contributed by atoms with Crippen molar-refractivity contribution in [2.75, 3.05) is 19.8 Å². The van der Waals surface area contributed by atoms with Crippen LogP contribution in [0.3, 0.4) is 0 Å². The van der Waals surface area contributed by atoms with Crippen molar-refractivity contribution in [3.8, 4) is 0 Å². The molecule has 0 aromatic rings. The molecule has 0 aliphatic carbocycles. The summed E-state index contributed by atoms with van der Waals surface area (Å²) in [6.45, 7) is 5.56. The highest BCUT2D eigenvalue weighted by Gasteiger charge is 2.17. The van der Waals surface area contributed by atoms with Crippen LogP contribution in [0.25, 0.3) is 0 Å². The highest BCUT2D eigenvalue weighted by molar-refractivity contribution is 7.47. The molecule has 0 atom stereocenters. The summed E-state index contributed by atoms with van der Waals surface area (Å²) in [6.07, 6.45) is 0. The molecule has 13 heavy (non-hydrogen) atoms. The van der Waals surface area contributed by atoms with E-state index in [2.05, 4.69) is 9.05 Å². The minimum absolute atomic E-state index is 0. The molecule has 0 aliphatic heterocycles. The van der Waals surface area contributed by atoms with Crippen LogP contribution in [0.4, 0.5) is 0 Å². The zero-order valence-electron chi connectivity index (χ0n) is 8.39. The van der Waals surface area contributed by atoms with Crippen molar-refractivity contribution in [2.24, 2.45) is 0 Å². The summed E-state index contributed by atoms with van der Waals surface area (Å²) in [4.78, 5) is 8.63. The van der Waals surface area contributed by atoms with Gasteiger partial charge in [0.2, 0.25) is 0 Å². The molecule has 84 valence electrons. The molecule has 7 heteroatoms. The van der Waals surface area contributed by atoms with Crippen molar-refractivity contribution in [1.29, 1.82) is 0 Å². The van der Waals surface area contributed by atoms with E-state index in [1.165, 1.54) is 0 Å². The second kappa shape index (κ2) is 12.0. The Labute approximate surface area is 79.1 Å². The molecule has 0 heterocycles. The lowest BCUT2D eigenvalue weighted by Crippen LogP contribution is -1.93. The van der Waals surface area contributed by atoms with Gasteiger partial charge in [0, 0.05) is 6.61 Å². The molecule has 0 aromatic carbocycles. The molecule has 0 saturated carbocycles. The van der Waals surface area contributed by atoms with E-state index in [1.54, 1.807) is 20.8 Å². The molecule has 6 nitrogen and oxygen atoms in total. The number of phosphoric ester groups is 1. The summed E-state index contributed by atoms with van der Waals surface area (Å²) >= 11 is 0. The Kier molecular flexibility index (Phi) is 17.3. The molecule has 0 saturated heterocycles. The Morgan fingerprint density at radius 2 is 1.38 bits per heavy atom. The molecule has 5 N–H and O–H groups in total. The standard InChI is InChI=1S/C4H11O4P.C2H6O.H3N/c1-3-7-9(5,6)8-4-2;1-2-3;/h3-4H2,1-2H3,(H,5,6);3H,2H2,1H3;1H3. The lowest BCUT2D eigenvalue weighted by molar-refractivity contribution is 0.161. The maximum absolute atomic E-state index is 10.5. The molecule has 0 bridgehead atoms. The van der Waals surface area contributed by atoms with Gasteiger partial charge in [0.25, 0.3) is 0 Å². The predicted molar refractivity (Wildman–Crippen MR) is 50.9 cm³/mol. The van der Waals surface area contributed by atoms with Gasteiger partial charge in [0.1, 0.15) is 0 Å². The molecule has 0 rings (SSSR count). The quantitative estimate of drug-likeness (QED) is 0.612. The predicted octanol–water partition coefficient (Wildman–Crippen LogP) is 1.32. The number of aliphatic hydroxyl groups is 1. The SMILES string of the molecule is CCO.CCOP(=O)(O)OCC.N. The third-order valence-electron chi connectivity index (χ3n) is 0.584. The summed E-state index contributed by atoms with van der Waals surface area (Å²) in [5.41, 5.74) is 0. The van der Waals surface area contributed by atoms with Gasteiger partial charge in [0.05, 0.1) is 13.2 Å². The van der Waals surface area contributed by atoms with Crippen molar-refractivity contribution in [1.82, 2.24) is 6.15 Å². The molecule has 0 unspecified atom stereocenters. The van der Waals surface area contributed by atoms with E-state index in [1.807, 2.05) is 0 Å². The molecule has 0 aliphatic rings. The van der Waals surface area contributed by atoms with Gasteiger partial charge in [-0.1, -0.05) is 0 Å². The Morgan fingerprint density at radius 1 is 1.15 bits per heavy atom. The van der Waals surface area contributed by atoms with Crippen LogP contribution in [-0.4, -0.2) is 29.8 Å². The van der Waals surface area contributed by atoms with Crippen molar-refractivity contribution in [3.63, 3.8) is 0 Å². The average Bonchev–Trinajstić information content (AvgIpc) is 1.88. The summed E-state index contributed by atoms with van der Waals surface area (Å²) in [5.74, 6) is 0. The number of rotatable bonds is 4. The number of aliphatic hydroxyl groups excluding tert-OH is 1. The van der Waals surface area contributed by atoms with Crippen molar-refractivity contribution in [2.45, 2.75) is 20.8 Å². The van der Waals surface area contributed by atoms with E-state index in [-0.39, 0.29) is 26.0 Å². The zero-order chi connectivity index (χ0) is 10.0. The van der Waals surface area contributed by atoms with Gasteiger partial charge >= 0.3 is 7.82 Å². The first-order valence-electron chi connectivity index (χ1n) is 3.76. The Balaban J connectivity index is -0.000000220. The van der Waals surface area contributed by atoms with Gasteiger partial charge in [-0.15, -0.1) is 0 Å². The molecule has 0 amide bonds. The number of hydrogen-bond acceptors (Lipinski definition) is 5. The maximum Gasteiger partial charge on any atom is 0.472 e. The molecule has 0 fully saturated rings. The van der Waals surface area contributed by atoms with Crippen LogP contribution in [0.5, 0.6) is 0 Å². The number of hydrogen-bond donors (Lipinski definition) is 3. The topological polar surface area (TPSA) is 111 Å². The fourth-order valence-corrected chi connectivity index (χ4v) is 1.09. The monoisotopic (exact) mass is 217 g/mol. The second-order valence-electron chi connectivity index (χ2n) is 1.62. The molecule has 0 spiro atoms. The van der Waals surface area contributed by atoms with Crippen LogP contribution in [0.15, 0.2) is 0 Å². The van der Waals surface area contributed by atoms with E-state index < -0.39 is 7.82 Å². The maximum atomic E-state index is 10.5. The van der Waals surface area contributed by atoms with Crippen molar-refractivity contribution < 1.29 is 23.6 Å². The molecular formula is C6H20NO5P. The smallest absolute Gasteiger partial charge is 0.397 e. The minimum Gasteiger partial charge on any atom is -0.397 e. The Morgan fingerprint density at radius 3 is 1.54 bits per heavy atom. The van der Waals surface area contributed by atoms with E-state index in [0.717, 1.165) is 0 Å². The zero-order valence-corrected chi connectivity index (χ0v) is 9.29. The van der Waals surface area contributed by atoms with Crippen LogP contribution in [0.1, 0.15) is 20.8 Å². The van der Waals surface area contributed by atoms with E-state index in [4.69, 9.17) is 10.00 Å². The van der Waals surface area contributed by atoms with Gasteiger partial charge in [-0.05, 0) is 20.8 Å². The van der Waals surface area contributed by atoms with Gasteiger partial charge in [0.15, 0.2) is 0 Å². The Hall–Kier alpha value is 0.0300. The van der Waals surface area contributed by atoms with Gasteiger partial charge in [-0.25, -0.2) is 4.57 Å². The summed E-state index contributed by atoms with van der Waals surface area (Å²) in [7, 11) is -3.69. The largest absolute Gasteiger partial charge is 0.472 e. The third kappa shape index (κ3) is 18.8. The van der Waals surface area contributed by atoms with Crippen LogP contribution in [0, 0.1) is 0 Å². The lowest BCUT2D eigenvalue weighted by atomic mass is 10.9. The number of phosphoric acid groups is 1. The van der Waals surface area contributed by atoms with Crippen LogP contribution in [0.2, 0.25) is 0 Å². The fraction of sp³-hybridized carbons (Fsp3) is 1.00. The van der Waals surface area contributed by atoms with E-state index >= 15 is 0 Å². The lowest BCUT2D eigenvalue weighted by Gasteiger charge is -2.07. The second-order valence-corrected chi connectivity index (χ2v) is 3.07. The summed E-state index contributed by atoms with van der Waals surface area (Å²) in [5, 5.41) is 7.57. The Bertz CT molecular complexity index is 122. The van der Waals surface area contributed by atoms with Crippen LogP contribution in [-0.2, 0) is 13.6 Å². The van der Waals surface area contributed by atoms with Crippen LogP contribution >= 0.6 is 7.82 Å². The highest BCUT2D eigenvalue weighted by atomic mass is 31.2. The van der Waals surface area contributed by atoms with E-state index in [0.29, 0.717) is 0 Å². The van der Waals surface area contributed by atoms with Crippen molar-refractivity contribution >= 4 is 7.82 Å². The molecular weight excluding hydrogens is 197 g/mol. The summed E-state index contributed by atoms with van der Waals surface area (Å²) < 4.78 is 19.2. The first-order valence-corrected chi connectivity index (χ1v) is 5.26. The normalized spacial score (nSPS) is 9.62. The minimum atomic E-state index is -3.69. The molecule has 0 aromatic heterocycles. The summed E-state index contributed by atoms with van der Waals surface area (Å²) in [6, 6.07) is 0. The first-order chi connectivity index (χ1) is 5.54. The highest BCUT2D eigenvalue weighted by Crippen LogP contribution is 2.42. The average molecular weight is 217 g/mol. The first kappa shape index (κ1) is 18.7. The van der Waals surface area contributed by atoms with E-state index in [9.17, 15) is 4.57 Å². The van der Waals surface area contributed by atoms with Gasteiger partial charge in [-0.2, -0.15) is 0 Å².